The van der Waals surface area contributed by atoms with E-state index in [1.165, 1.54) is 12.1 Å². The Morgan fingerprint density at radius 1 is 1.29 bits per heavy atom. The third-order valence-electron chi connectivity index (χ3n) is 2.93. The van der Waals surface area contributed by atoms with Gasteiger partial charge in [0.2, 0.25) is 0 Å². The van der Waals surface area contributed by atoms with Crippen LogP contribution in [0, 0.1) is 6.92 Å². The first-order valence-corrected chi connectivity index (χ1v) is 8.91. The van der Waals surface area contributed by atoms with Crippen molar-refractivity contribution in [3.05, 3.63) is 40.7 Å². The minimum atomic E-state index is -3.72. The Morgan fingerprint density at radius 3 is 2.43 bits per heavy atom. The van der Waals surface area contributed by atoms with Gasteiger partial charge in [-0.15, -0.1) is 0 Å². The summed E-state index contributed by atoms with van der Waals surface area (Å²) >= 11 is 6.18. The van der Waals surface area contributed by atoms with Gasteiger partial charge in [0.1, 0.15) is 12.4 Å². The van der Waals surface area contributed by atoms with Crippen molar-refractivity contribution in [3.63, 3.8) is 0 Å². The molecule has 0 saturated carbocycles. The minimum absolute atomic E-state index is 0.0315. The average Bonchev–Trinajstić information content (AvgIpc) is 2.71. The van der Waals surface area contributed by atoms with Gasteiger partial charge in [-0.2, -0.15) is 5.10 Å². The van der Waals surface area contributed by atoms with Gasteiger partial charge >= 0.3 is 0 Å². The van der Waals surface area contributed by atoms with Crippen molar-refractivity contribution in [1.82, 2.24) is 9.78 Å². The highest BCUT2D eigenvalue weighted by Crippen LogP contribution is 2.23. The van der Waals surface area contributed by atoms with E-state index in [1.807, 2.05) is 13.8 Å². The van der Waals surface area contributed by atoms with Crippen LogP contribution in [0.2, 0.25) is 5.02 Å². The second kappa shape index (κ2) is 6.25. The lowest BCUT2D eigenvalue weighted by Gasteiger charge is -2.08. The monoisotopic (exact) mass is 348 g/mol. The zero-order valence-electron chi connectivity index (χ0n) is 11.5. The Morgan fingerprint density at radius 2 is 1.90 bits per heavy atom. The molecule has 1 aromatic carbocycles. The number of nitrogens with zero attached hydrogens (tertiary/aromatic N) is 2. The van der Waals surface area contributed by atoms with Crippen LogP contribution in [-0.4, -0.2) is 18.2 Å². The number of rotatable bonds is 5. The molecule has 1 aromatic heterocycles. The van der Waals surface area contributed by atoms with E-state index >= 15 is 0 Å². The van der Waals surface area contributed by atoms with Crippen LogP contribution < -0.4 is 4.74 Å². The molecule has 0 aliphatic rings. The molecule has 1 heterocycles. The van der Waals surface area contributed by atoms with E-state index in [4.69, 9.17) is 27.0 Å². The second-order valence-electron chi connectivity index (χ2n) is 4.36. The van der Waals surface area contributed by atoms with Crippen molar-refractivity contribution >= 4 is 31.3 Å². The number of hydrogen-bond donors (Lipinski definition) is 0. The molecular weight excluding hydrogens is 335 g/mol. The van der Waals surface area contributed by atoms with Gasteiger partial charge in [0.25, 0.3) is 9.05 Å². The zero-order valence-corrected chi connectivity index (χ0v) is 13.8. The van der Waals surface area contributed by atoms with E-state index in [0.29, 0.717) is 17.3 Å². The van der Waals surface area contributed by atoms with E-state index in [2.05, 4.69) is 5.10 Å². The second-order valence-corrected chi connectivity index (χ2v) is 7.30. The van der Waals surface area contributed by atoms with Crippen LogP contribution in [0.1, 0.15) is 18.3 Å². The Kier molecular flexibility index (Phi) is 4.81. The molecule has 8 heteroatoms. The standard InChI is InChI=1S/C13H14Cl2N2O3S/c1-3-17-12(13(14)9(2)16-17)8-20-10-4-6-11(7-5-10)21(15,18)19/h4-7H,3,8H2,1-2H3. The van der Waals surface area contributed by atoms with Crippen LogP contribution in [-0.2, 0) is 22.2 Å². The number of ether oxygens (including phenoxy) is 1. The minimum Gasteiger partial charge on any atom is -0.487 e. The first-order chi connectivity index (χ1) is 9.82. The molecule has 0 spiro atoms. The first-order valence-electron chi connectivity index (χ1n) is 6.22. The van der Waals surface area contributed by atoms with Gasteiger partial charge in [0.15, 0.2) is 0 Å². The van der Waals surface area contributed by atoms with Crippen molar-refractivity contribution in [2.24, 2.45) is 0 Å². The summed E-state index contributed by atoms with van der Waals surface area (Å²) in [6.45, 7) is 4.74. The van der Waals surface area contributed by atoms with Gasteiger partial charge in [-0.1, -0.05) is 11.6 Å². The molecule has 114 valence electrons. The quantitative estimate of drug-likeness (QED) is 0.777. The molecule has 0 saturated heterocycles. The summed E-state index contributed by atoms with van der Waals surface area (Å²) in [6.07, 6.45) is 0. The average molecular weight is 349 g/mol. The zero-order chi connectivity index (χ0) is 15.6. The van der Waals surface area contributed by atoms with E-state index in [9.17, 15) is 8.42 Å². The number of hydrogen-bond acceptors (Lipinski definition) is 4. The third-order valence-corrected chi connectivity index (χ3v) is 4.80. The Labute approximate surface area is 132 Å². The molecule has 0 radical (unpaired) electrons. The highest BCUT2D eigenvalue weighted by molar-refractivity contribution is 8.13. The Bertz CT molecular complexity index is 740. The van der Waals surface area contributed by atoms with E-state index in [0.717, 1.165) is 11.4 Å². The van der Waals surface area contributed by atoms with Gasteiger partial charge in [0.05, 0.1) is 21.3 Å². The van der Waals surface area contributed by atoms with Gasteiger partial charge in [-0.3, -0.25) is 4.68 Å². The molecule has 0 bridgehead atoms. The molecule has 0 N–H and O–H groups in total. The third kappa shape index (κ3) is 3.70. The number of aryl methyl sites for hydroxylation is 2. The molecule has 0 aliphatic carbocycles. The summed E-state index contributed by atoms with van der Waals surface area (Å²) in [4.78, 5) is 0.0315. The van der Waals surface area contributed by atoms with Crippen LogP contribution in [0.3, 0.4) is 0 Å². The summed E-state index contributed by atoms with van der Waals surface area (Å²) in [5.74, 6) is 0.525. The van der Waals surface area contributed by atoms with E-state index < -0.39 is 9.05 Å². The number of halogens is 2. The van der Waals surface area contributed by atoms with Crippen LogP contribution in [0.25, 0.3) is 0 Å². The summed E-state index contributed by atoms with van der Waals surface area (Å²) in [5.41, 5.74) is 1.53. The van der Waals surface area contributed by atoms with E-state index in [1.54, 1.807) is 16.8 Å². The molecule has 0 unspecified atom stereocenters. The number of aromatic nitrogens is 2. The molecule has 0 amide bonds. The summed E-state index contributed by atoms with van der Waals surface area (Å²) in [6, 6.07) is 5.87. The fourth-order valence-corrected chi connectivity index (χ4v) is 2.82. The normalized spacial score (nSPS) is 11.6. The fourth-order valence-electron chi connectivity index (χ4n) is 1.86. The maximum atomic E-state index is 11.2. The maximum Gasteiger partial charge on any atom is 0.261 e. The topological polar surface area (TPSA) is 61.2 Å². The van der Waals surface area contributed by atoms with Crippen LogP contribution >= 0.6 is 22.3 Å². The summed E-state index contributed by atoms with van der Waals surface area (Å²) < 4.78 is 29.7. The van der Waals surface area contributed by atoms with Crippen LogP contribution in [0.15, 0.2) is 29.2 Å². The van der Waals surface area contributed by atoms with Crippen LogP contribution in [0.4, 0.5) is 0 Å². The highest BCUT2D eigenvalue weighted by Gasteiger charge is 2.13. The van der Waals surface area contributed by atoms with Crippen molar-refractivity contribution < 1.29 is 13.2 Å². The molecule has 2 rings (SSSR count). The van der Waals surface area contributed by atoms with Crippen LogP contribution in [0.5, 0.6) is 5.75 Å². The maximum absolute atomic E-state index is 11.2. The van der Waals surface area contributed by atoms with Crippen molar-refractivity contribution in [2.75, 3.05) is 0 Å². The molecule has 2 aromatic rings. The predicted molar refractivity (Wildman–Crippen MR) is 81.5 cm³/mol. The van der Waals surface area contributed by atoms with E-state index in [-0.39, 0.29) is 11.5 Å². The largest absolute Gasteiger partial charge is 0.487 e. The van der Waals surface area contributed by atoms with Gasteiger partial charge in [-0.25, -0.2) is 8.42 Å². The molecular formula is C13H14Cl2N2O3S. The Hall–Kier alpha value is -1.24. The van der Waals surface area contributed by atoms with Gasteiger partial charge in [-0.05, 0) is 38.1 Å². The molecule has 5 nitrogen and oxygen atoms in total. The summed E-state index contributed by atoms with van der Waals surface area (Å²) in [5, 5.41) is 4.88. The molecule has 0 aliphatic heterocycles. The predicted octanol–water partition coefficient (Wildman–Crippen LogP) is 3.37. The first kappa shape index (κ1) is 16.1. The summed E-state index contributed by atoms with van der Waals surface area (Å²) in [7, 11) is 1.53. The van der Waals surface area contributed by atoms with Gasteiger partial charge in [0, 0.05) is 17.2 Å². The number of benzene rings is 1. The van der Waals surface area contributed by atoms with Crippen molar-refractivity contribution in [2.45, 2.75) is 31.9 Å². The molecule has 0 atom stereocenters. The smallest absolute Gasteiger partial charge is 0.261 e. The fraction of sp³-hybridized carbons (Fsp3) is 0.308. The van der Waals surface area contributed by atoms with Crippen molar-refractivity contribution in [3.8, 4) is 5.75 Å². The lowest BCUT2D eigenvalue weighted by molar-refractivity contribution is 0.292. The SMILES string of the molecule is CCn1nc(C)c(Cl)c1COc1ccc(S(=O)(=O)Cl)cc1. The molecule has 21 heavy (non-hydrogen) atoms. The lowest BCUT2D eigenvalue weighted by Crippen LogP contribution is -2.06. The lowest BCUT2D eigenvalue weighted by atomic mass is 10.3. The Balaban J connectivity index is 2.14. The highest BCUT2D eigenvalue weighted by atomic mass is 35.7. The molecule has 0 fully saturated rings. The van der Waals surface area contributed by atoms with Gasteiger partial charge < -0.3 is 4.74 Å². The van der Waals surface area contributed by atoms with Crippen molar-refractivity contribution in [1.29, 1.82) is 0 Å².